The molecule has 0 saturated carbocycles. The van der Waals surface area contributed by atoms with E-state index in [-0.39, 0.29) is 23.0 Å². The number of para-hydroxylation sites is 2. The second kappa shape index (κ2) is 13.1. The van der Waals surface area contributed by atoms with Crippen molar-refractivity contribution in [2.45, 2.75) is 20.8 Å². The van der Waals surface area contributed by atoms with Gasteiger partial charge in [-0.2, -0.15) is 5.10 Å². The van der Waals surface area contributed by atoms with E-state index in [9.17, 15) is 9.59 Å². The van der Waals surface area contributed by atoms with Crippen molar-refractivity contribution in [2.75, 3.05) is 5.32 Å². The fraction of sp³-hybridized carbons (Fsp3) is 0.0909. The molecule has 0 radical (unpaired) electrons. The Labute approximate surface area is 243 Å². The molecular formula is C33H33N7O2. The summed E-state index contributed by atoms with van der Waals surface area (Å²) in [5.74, 6) is 0.101. The highest BCUT2D eigenvalue weighted by Gasteiger charge is 2.16. The van der Waals surface area contributed by atoms with Crippen molar-refractivity contribution >= 4 is 39.8 Å². The van der Waals surface area contributed by atoms with Crippen molar-refractivity contribution in [1.29, 1.82) is 0 Å². The number of aromatic nitrogens is 4. The van der Waals surface area contributed by atoms with Gasteiger partial charge in [-0.3, -0.25) is 9.59 Å². The number of benzene rings is 3. The van der Waals surface area contributed by atoms with Crippen LogP contribution in [0.1, 0.15) is 42.4 Å². The quantitative estimate of drug-likeness (QED) is 0.192. The molecular weight excluding hydrogens is 526 g/mol. The first kappa shape index (κ1) is 29.3. The molecule has 0 bridgehead atoms. The van der Waals surface area contributed by atoms with Crippen LogP contribution in [0.4, 0.5) is 5.82 Å². The molecule has 212 valence electrons. The number of nitrogens with one attached hydrogen (secondary N) is 2. The molecule has 2 heterocycles. The maximum absolute atomic E-state index is 13.2. The standard InChI is InChI=1S/C29H25N7O2.C4H8/c1-17(2)36-24(16-23(35-36)18-9-4-3-5-10-18)34-28(37)20-12-8-11-19(15-20)25(30)26(31)27-29(38)33-22-14-7-6-13-21(22)32-27;1-3-4-2/h3-16H,1,30-31H2,2H3,(H,33,38)(H,34,37);3-4H,1-2H3/b26-25+;4-3-. The zero-order valence-electron chi connectivity index (χ0n) is 23.8. The minimum absolute atomic E-state index is 0.00913. The third-order valence-electron chi connectivity index (χ3n) is 6.30. The Morgan fingerprint density at radius 1 is 0.905 bits per heavy atom. The number of aromatic amines is 1. The predicted molar refractivity (Wildman–Crippen MR) is 171 cm³/mol. The summed E-state index contributed by atoms with van der Waals surface area (Å²) in [6.07, 6.45) is 4.00. The van der Waals surface area contributed by atoms with Gasteiger partial charge in [-0.25, -0.2) is 9.67 Å². The maximum atomic E-state index is 13.2. The number of fused-ring (bicyclic) bond motifs is 1. The molecule has 0 unspecified atom stereocenters. The lowest BCUT2D eigenvalue weighted by atomic mass is 10.1. The van der Waals surface area contributed by atoms with Crippen molar-refractivity contribution < 1.29 is 4.79 Å². The lowest BCUT2D eigenvalue weighted by Crippen LogP contribution is -2.20. The molecule has 42 heavy (non-hydrogen) atoms. The maximum Gasteiger partial charge on any atom is 0.276 e. The second-order valence-electron chi connectivity index (χ2n) is 9.39. The lowest BCUT2D eigenvalue weighted by molar-refractivity contribution is 0.102. The van der Waals surface area contributed by atoms with Crippen molar-refractivity contribution in [3.63, 3.8) is 0 Å². The van der Waals surface area contributed by atoms with Gasteiger partial charge < -0.3 is 21.8 Å². The molecule has 0 aliphatic rings. The van der Waals surface area contributed by atoms with Gasteiger partial charge in [-0.15, -0.1) is 0 Å². The molecule has 9 nitrogen and oxygen atoms in total. The number of allylic oxidation sites excluding steroid dienone is 3. The summed E-state index contributed by atoms with van der Waals surface area (Å²) < 4.78 is 1.58. The minimum Gasteiger partial charge on any atom is -0.397 e. The van der Waals surface area contributed by atoms with E-state index in [1.807, 2.05) is 62.4 Å². The number of carbonyl (C=O) groups excluding carboxylic acids is 1. The topological polar surface area (TPSA) is 145 Å². The number of hydrogen-bond acceptors (Lipinski definition) is 6. The summed E-state index contributed by atoms with van der Waals surface area (Å²) in [5.41, 5.74) is 16.6. The molecule has 3 aromatic carbocycles. The van der Waals surface area contributed by atoms with Crippen LogP contribution < -0.4 is 22.3 Å². The molecule has 0 aliphatic carbocycles. The summed E-state index contributed by atoms with van der Waals surface area (Å²) in [5, 5.41) is 7.48. The third kappa shape index (κ3) is 6.53. The number of rotatable bonds is 6. The van der Waals surface area contributed by atoms with E-state index in [0.717, 1.165) is 5.56 Å². The van der Waals surface area contributed by atoms with E-state index in [0.29, 0.717) is 39.4 Å². The first-order valence-corrected chi connectivity index (χ1v) is 13.3. The molecule has 0 atom stereocenters. The van der Waals surface area contributed by atoms with E-state index in [2.05, 4.69) is 27.0 Å². The second-order valence-corrected chi connectivity index (χ2v) is 9.39. The van der Waals surface area contributed by atoms with Crippen molar-refractivity contribution in [3.8, 4) is 11.3 Å². The van der Waals surface area contributed by atoms with Crippen LogP contribution in [0.2, 0.25) is 0 Å². The van der Waals surface area contributed by atoms with E-state index in [1.165, 1.54) is 0 Å². The minimum atomic E-state index is -0.458. The molecule has 6 N–H and O–H groups in total. The first-order chi connectivity index (χ1) is 20.2. The predicted octanol–water partition coefficient (Wildman–Crippen LogP) is 5.86. The number of hydrogen-bond donors (Lipinski definition) is 4. The molecule has 1 amide bonds. The SMILES string of the molecule is C/C=C\C.C=C(C)n1nc(-c2ccccc2)cc1NC(=O)c1cccc(/C(N)=C(\N)c2nc3ccccc3[nH]c2=O)c1. The Hall–Kier alpha value is -5.70. The van der Waals surface area contributed by atoms with E-state index in [4.69, 9.17) is 11.5 Å². The average Bonchev–Trinajstić information content (AvgIpc) is 3.44. The average molecular weight is 560 g/mol. The number of anilines is 1. The number of nitrogens with two attached hydrogens (primary N) is 2. The molecule has 0 spiro atoms. The molecule has 0 saturated heterocycles. The number of nitrogens with zero attached hydrogens (tertiary/aromatic N) is 3. The fourth-order valence-electron chi connectivity index (χ4n) is 4.02. The van der Waals surface area contributed by atoms with Crippen LogP contribution in [0.25, 0.3) is 39.4 Å². The zero-order chi connectivity index (χ0) is 30.2. The third-order valence-corrected chi connectivity index (χ3v) is 6.30. The fourth-order valence-corrected chi connectivity index (χ4v) is 4.02. The van der Waals surface area contributed by atoms with Gasteiger partial charge in [0, 0.05) is 28.5 Å². The normalized spacial score (nSPS) is 11.5. The van der Waals surface area contributed by atoms with Gasteiger partial charge in [-0.1, -0.05) is 73.3 Å². The number of amides is 1. The Bertz CT molecular complexity index is 1860. The van der Waals surface area contributed by atoms with E-state index < -0.39 is 5.56 Å². The number of carbonyl (C=O) groups is 1. The Balaban J connectivity index is 0.000000952. The zero-order valence-corrected chi connectivity index (χ0v) is 23.8. The summed E-state index contributed by atoms with van der Waals surface area (Å²) in [7, 11) is 0. The van der Waals surface area contributed by atoms with Gasteiger partial charge in [0.25, 0.3) is 11.5 Å². The van der Waals surface area contributed by atoms with Crippen LogP contribution >= 0.6 is 0 Å². The van der Waals surface area contributed by atoms with Gasteiger partial charge in [-0.05, 0) is 45.0 Å². The summed E-state index contributed by atoms with van der Waals surface area (Å²) in [4.78, 5) is 33.0. The van der Waals surface area contributed by atoms with Gasteiger partial charge in [0.15, 0.2) is 5.69 Å². The molecule has 2 aromatic heterocycles. The summed E-state index contributed by atoms with van der Waals surface area (Å²) in [6, 6.07) is 25.2. The van der Waals surface area contributed by atoms with Crippen LogP contribution in [-0.4, -0.2) is 25.7 Å². The van der Waals surface area contributed by atoms with Crippen LogP contribution in [-0.2, 0) is 0 Å². The van der Waals surface area contributed by atoms with Gasteiger partial charge in [0.2, 0.25) is 0 Å². The Morgan fingerprint density at radius 2 is 1.57 bits per heavy atom. The van der Waals surface area contributed by atoms with Gasteiger partial charge in [0.05, 0.1) is 28.1 Å². The lowest BCUT2D eigenvalue weighted by Gasteiger charge is -2.11. The highest BCUT2D eigenvalue weighted by atomic mass is 16.1. The van der Waals surface area contributed by atoms with Crippen molar-refractivity contribution in [1.82, 2.24) is 19.7 Å². The van der Waals surface area contributed by atoms with E-state index in [1.54, 1.807) is 60.1 Å². The largest absolute Gasteiger partial charge is 0.397 e. The molecule has 9 heteroatoms. The van der Waals surface area contributed by atoms with Gasteiger partial charge in [0.1, 0.15) is 5.82 Å². The Kier molecular flexibility index (Phi) is 9.14. The van der Waals surface area contributed by atoms with Crippen LogP contribution in [0.5, 0.6) is 0 Å². The van der Waals surface area contributed by atoms with Gasteiger partial charge >= 0.3 is 0 Å². The number of H-pyrrole nitrogens is 1. The summed E-state index contributed by atoms with van der Waals surface area (Å²) in [6.45, 7) is 9.76. The van der Waals surface area contributed by atoms with Crippen LogP contribution in [0, 0.1) is 0 Å². The molecule has 0 aliphatic heterocycles. The first-order valence-electron chi connectivity index (χ1n) is 13.3. The van der Waals surface area contributed by atoms with Crippen molar-refractivity contribution in [3.05, 3.63) is 131 Å². The summed E-state index contributed by atoms with van der Waals surface area (Å²) >= 11 is 0. The molecule has 5 aromatic rings. The highest BCUT2D eigenvalue weighted by Crippen LogP contribution is 2.25. The monoisotopic (exact) mass is 559 g/mol. The van der Waals surface area contributed by atoms with Crippen LogP contribution in [0.3, 0.4) is 0 Å². The molecule has 0 fully saturated rings. The van der Waals surface area contributed by atoms with Crippen molar-refractivity contribution in [2.24, 2.45) is 11.5 Å². The van der Waals surface area contributed by atoms with E-state index >= 15 is 0 Å². The van der Waals surface area contributed by atoms with Crippen LogP contribution in [0.15, 0.2) is 108 Å². The smallest absolute Gasteiger partial charge is 0.276 e. The molecule has 5 rings (SSSR count). The Morgan fingerprint density at radius 3 is 2.26 bits per heavy atom. The highest BCUT2D eigenvalue weighted by molar-refractivity contribution is 6.05.